The number of benzene rings is 2. The maximum absolute atomic E-state index is 13.5. The monoisotopic (exact) mass is 436 g/mol. The molecule has 0 aliphatic carbocycles. The highest BCUT2D eigenvalue weighted by Crippen LogP contribution is 2.34. The number of carbonyl (C=O) groups excluding carboxylic acids is 2. The zero-order valence-corrected chi connectivity index (χ0v) is 18.9. The maximum Gasteiger partial charge on any atom is 0.277 e. The summed E-state index contributed by atoms with van der Waals surface area (Å²) in [5.41, 5.74) is 3.54. The molecule has 2 amide bonds. The van der Waals surface area contributed by atoms with Crippen molar-refractivity contribution in [3.8, 4) is 5.75 Å². The van der Waals surface area contributed by atoms with Crippen LogP contribution in [0, 0.1) is 25.6 Å². The molecule has 0 spiro atoms. The Bertz CT molecular complexity index is 1030. The van der Waals surface area contributed by atoms with Crippen LogP contribution in [0.3, 0.4) is 0 Å². The molecule has 2 aromatic carbocycles. The minimum absolute atomic E-state index is 0.156. The number of aryl methyl sites for hydroxylation is 2. The van der Waals surface area contributed by atoms with Crippen LogP contribution in [0.15, 0.2) is 48.2 Å². The third-order valence-electron chi connectivity index (χ3n) is 6.16. The first-order chi connectivity index (χ1) is 15.3. The molecule has 4 rings (SSSR count). The highest BCUT2D eigenvalue weighted by atomic mass is 19.1. The Morgan fingerprint density at radius 2 is 1.59 bits per heavy atom. The van der Waals surface area contributed by atoms with Crippen LogP contribution in [0.4, 0.5) is 4.39 Å². The average molecular weight is 437 g/mol. The van der Waals surface area contributed by atoms with Gasteiger partial charge < -0.3 is 9.64 Å². The summed E-state index contributed by atoms with van der Waals surface area (Å²) in [4.78, 5) is 30.0. The summed E-state index contributed by atoms with van der Waals surface area (Å²) in [6.07, 6.45) is 1.94. The van der Waals surface area contributed by atoms with Crippen molar-refractivity contribution in [3.63, 3.8) is 0 Å². The molecular weight excluding hydrogens is 407 g/mol. The Hall–Kier alpha value is -3.15. The molecule has 168 valence electrons. The van der Waals surface area contributed by atoms with Gasteiger partial charge in [-0.2, -0.15) is 0 Å². The molecule has 5 nitrogen and oxygen atoms in total. The van der Waals surface area contributed by atoms with Gasteiger partial charge in [0.15, 0.2) is 0 Å². The van der Waals surface area contributed by atoms with Crippen LogP contribution < -0.4 is 4.74 Å². The average Bonchev–Trinajstić information content (AvgIpc) is 2.99. The summed E-state index contributed by atoms with van der Waals surface area (Å²) in [5, 5.41) is 0. The molecule has 2 aliphatic rings. The van der Waals surface area contributed by atoms with E-state index in [0.717, 1.165) is 42.8 Å². The number of imide groups is 1. The summed E-state index contributed by atoms with van der Waals surface area (Å²) in [5.74, 6) is 0.291. The first-order valence-electron chi connectivity index (χ1n) is 11.2. The van der Waals surface area contributed by atoms with Gasteiger partial charge in [0.2, 0.25) is 0 Å². The number of ether oxygens (including phenoxy) is 1. The normalized spacial score (nSPS) is 17.5. The van der Waals surface area contributed by atoms with Crippen molar-refractivity contribution < 1.29 is 18.7 Å². The standard InChI is InChI=1S/C26H29FN2O3/c1-17-8-10-28(11-9-17)24-23(20-4-6-21(27)7-5-20)25(30)29(26(24)31)12-13-32-22-15-18(2)14-19(3)16-22/h4-7,14-17H,8-13H2,1-3H3. The zero-order valence-electron chi connectivity index (χ0n) is 18.9. The summed E-state index contributed by atoms with van der Waals surface area (Å²) in [7, 11) is 0. The van der Waals surface area contributed by atoms with Crippen molar-refractivity contribution in [3.05, 3.63) is 70.7 Å². The number of nitrogens with zero attached hydrogens (tertiary/aromatic N) is 2. The molecule has 0 aromatic heterocycles. The van der Waals surface area contributed by atoms with Crippen LogP contribution >= 0.6 is 0 Å². The summed E-state index contributed by atoms with van der Waals surface area (Å²) in [6, 6.07) is 11.7. The molecule has 2 aromatic rings. The molecule has 32 heavy (non-hydrogen) atoms. The molecule has 2 heterocycles. The van der Waals surface area contributed by atoms with Crippen LogP contribution in [0.2, 0.25) is 0 Å². The number of halogens is 1. The van der Waals surface area contributed by atoms with Crippen LogP contribution in [0.5, 0.6) is 5.75 Å². The number of carbonyl (C=O) groups is 2. The fraction of sp³-hybridized carbons (Fsp3) is 0.385. The van der Waals surface area contributed by atoms with Gasteiger partial charge >= 0.3 is 0 Å². The van der Waals surface area contributed by atoms with Gasteiger partial charge in [-0.1, -0.05) is 25.1 Å². The molecule has 0 radical (unpaired) electrons. The third kappa shape index (κ3) is 4.54. The Morgan fingerprint density at radius 1 is 0.969 bits per heavy atom. The summed E-state index contributed by atoms with van der Waals surface area (Å²) in [6.45, 7) is 8.02. The number of hydrogen-bond donors (Lipinski definition) is 0. The number of hydrogen-bond acceptors (Lipinski definition) is 4. The number of likely N-dealkylation sites (tertiary alicyclic amines) is 1. The van der Waals surface area contributed by atoms with E-state index in [9.17, 15) is 14.0 Å². The SMILES string of the molecule is Cc1cc(C)cc(OCCN2C(=O)C(c3ccc(F)cc3)=C(N3CCC(C)CC3)C2=O)c1. The van der Waals surface area contributed by atoms with Crippen LogP contribution in [0.25, 0.3) is 5.57 Å². The second kappa shape index (κ2) is 9.15. The van der Waals surface area contributed by atoms with Crippen molar-refractivity contribution in [1.82, 2.24) is 9.80 Å². The minimum Gasteiger partial charge on any atom is -0.492 e. The van der Waals surface area contributed by atoms with E-state index in [-0.39, 0.29) is 30.8 Å². The van der Waals surface area contributed by atoms with Gasteiger partial charge in [-0.25, -0.2) is 4.39 Å². The topological polar surface area (TPSA) is 49.9 Å². The fourth-order valence-electron chi connectivity index (χ4n) is 4.44. The van der Waals surface area contributed by atoms with Crippen molar-refractivity contribution in [2.24, 2.45) is 5.92 Å². The van der Waals surface area contributed by atoms with Gasteiger partial charge in [0.1, 0.15) is 23.9 Å². The lowest BCUT2D eigenvalue weighted by atomic mass is 9.97. The van der Waals surface area contributed by atoms with Crippen molar-refractivity contribution in [2.45, 2.75) is 33.6 Å². The fourth-order valence-corrected chi connectivity index (χ4v) is 4.44. The molecular formula is C26H29FN2O3. The quantitative estimate of drug-likeness (QED) is 0.633. The van der Waals surface area contributed by atoms with Gasteiger partial charge in [0, 0.05) is 13.1 Å². The van der Waals surface area contributed by atoms with E-state index in [4.69, 9.17) is 4.74 Å². The maximum atomic E-state index is 13.5. The van der Waals surface area contributed by atoms with E-state index in [2.05, 4.69) is 13.0 Å². The highest BCUT2D eigenvalue weighted by molar-refractivity contribution is 6.35. The lowest BCUT2D eigenvalue weighted by molar-refractivity contribution is -0.138. The van der Waals surface area contributed by atoms with Crippen molar-refractivity contribution in [2.75, 3.05) is 26.2 Å². The lowest BCUT2D eigenvalue weighted by Crippen LogP contribution is -2.39. The molecule has 6 heteroatoms. The second-order valence-electron chi connectivity index (χ2n) is 8.83. The Balaban J connectivity index is 1.56. The molecule has 0 atom stereocenters. The number of rotatable bonds is 6. The van der Waals surface area contributed by atoms with E-state index in [1.54, 1.807) is 12.1 Å². The van der Waals surface area contributed by atoms with Crippen LogP contribution in [0.1, 0.15) is 36.5 Å². The van der Waals surface area contributed by atoms with E-state index >= 15 is 0 Å². The highest BCUT2D eigenvalue weighted by Gasteiger charge is 2.41. The molecule has 0 unspecified atom stereocenters. The lowest BCUT2D eigenvalue weighted by Gasteiger charge is -2.32. The molecule has 0 N–H and O–H groups in total. The van der Waals surface area contributed by atoms with Gasteiger partial charge in [-0.05, 0) is 73.6 Å². The predicted octanol–water partition coefficient (Wildman–Crippen LogP) is 4.33. The first-order valence-corrected chi connectivity index (χ1v) is 11.2. The van der Waals surface area contributed by atoms with E-state index in [1.807, 2.05) is 30.9 Å². The van der Waals surface area contributed by atoms with E-state index in [1.165, 1.54) is 17.0 Å². The molecule has 2 aliphatic heterocycles. The second-order valence-corrected chi connectivity index (χ2v) is 8.83. The van der Waals surface area contributed by atoms with Crippen molar-refractivity contribution >= 4 is 17.4 Å². The van der Waals surface area contributed by atoms with Crippen LogP contribution in [-0.2, 0) is 9.59 Å². The molecule has 0 bridgehead atoms. The molecule has 1 fully saturated rings. The van der Waals surface area contributed by atoms with E-state index < -0.39 is 0 Å². The van der Waals surface area contributed by atoms with Gasteiger partial charge in [-0.15, -0.1) is 0 Å². The van der Waals surface area contributed by atoms with Crippen LogP contribution in [-0.4, -0.2) is 47.9 Å². The summed E-state index contributed by atoms with van der Waals surface area (Å²) >= 11 is 0. The number of amides is 2. The van der Waals surface area contributed by atoms with Gasteiger partial charge in [-0.3, -0.25) is 14.5 Å². The zero-order chi connectivity index (χ0) is 22.8. The Morgan fingerprint density at radius 3 is 2.22 bits per heavy atom. The Kier molecular flexibility index (Phi) is 6.31. The molecule has 0 saturated carbocycles. The molecule has 1 saturated heterocycles. The Labute approximate surface area is 188 Å². The summed E-state index contributed by atoms with van der Waals surface area (Å²) < 4.78 is 19.3. The van der Waals surface area contributed by atoms with Gasteiger partial charge in [0.25, 0.3) is 11.8 Å². The number of piperidine rings is 1. The largest absolute Gasteiger partial charge is 0.492 e. The predicted molar refractivity (Wildman–Crippen MR) is 121 cm³/mol. The smallest absolute Gasteiger partial charge is 0.277 e. The minimum atomic E-state index is -0.377. The van der Waals surface area contributed by atoms with E-state index in [0.29, 0.717) is 22.8 Å². The van der Waals surface area contributed by atoms with Crippen molar-refractivity contribution in [1.29, 1.82) is 0 Å². The van der Waals surface area contributed by atoms with Gasteiger partial charge in [0.05, 0.1) is 12.1 Å². The third-order valence-corrected chi connectivity index (χ3v) is 6.16. The first kappa shape index (κ1) is 22.1.